The largest absolute Gasteiger partial charge is 0.478 e. The standard InChI is InChI=1S/C10H15ClO6S/c1-7(10(13)14)3-5-17-9(12)4-6-18(15,16)8(2)11/h8H,1,3-6H2,2H3,(H,13,14). The Labute approximate surface area is 110 Å². The van der Waals surface area contributed by atoms with Crippen LogP contribution in [0.4, 0.5) is 0 Å². The highest BCUT2D eigenvalue weighted by atomic mass is 35.5. The third-order valence-electron chi connectivity index (χ3n) is 2.05. The summed E-state index contributed by atoms with van der Waals surface area (Å²) in [6.45, 7) is 4.42. The predicted molar refractivity (Wildman–Crippen MR) is 66.1 cm³/mol. The van der Waals surface area contributed by atoms with Crippen LogP contribution in [0.5, 0.6) is 0 Å². The van der Waals surface area contributed by atoms with Gasteiger partial charge < -0.3 is 9.84 Å². The van der Waals surface area contributed by atoms with Crippen molar-refractivity contribution in [3.8, 4) is 0 Å². The summed E-state index contributed by atoms with van der Waals surface area (Å²) >= 11 is 5.42. The van der Waals surface area contributed by atoms with Crippen molar-refractivity contribution >= 4 is 33.4 Å². The van der Waals surface area contributed by atoms with E-state index in [4.69, 9.17) is 16.7 Å². The zero-order valence-corrected chi connectivity index (χ0v) is 11.5. The molecule has 0 fully saturated rings. The highest BCUT2D eigenvalue weighted by molar-refractivity contribution is 7.93. The van der Waals surface area contributed by atoms with Gasteiger partial charge in [-0.05, 0) is 6.92 Å². The van der Waals surface area contributed by atoms with E-state index in [1.165, 1.54) is 6.92 Å². The maximum atomic E-state index is 11.3. The van der Waals surface area contributed by atoms with Crippen molar-refractivity contribution in [2.45, 2.75) is 24.5 Å². The minimum Gasteiger partial charge on any atom is -0.478 e. The highest BCUT2D eigenvalue weighted by Gasteiger charge is 2.20. The minimum atomic E-state index is -3.50. The summed E-state index contributed by atoms with van der Waals surface area (Å²) in [5.74, 6) is -2.27. The monoisotopic (exact) mass is 298 g/mol. The zero-order chi connectivity index (χ0) is 14.3. The van der Waals surface area contributed by atoms with Gasteiger partial charge in [-0.25, -0.2) is 13.2 Å². The molecule has 0 aliphatic carbocycles. The highest BCUT2D eigenvalue weighted by Crippen LogP contribution is 2.08. The minimum absolute atomic E-state index is 0.000266. The van der Waals surface area contributed by atoms with Gasteiger partial charge in [-0.15, -0.1) is 11.6 Å². The average molecular weight is 299 g/mol. The number of aliphatic carboxylic acids is 1. The van der Waals surface area contributed by atoms with Crippen LogP contribution >= 0.6 is 11.6 Å². The lowest BCUT2D eigenvalue weighted by Gasteiger charge is -2.06. The first kappa shape index (κ1) is 16.9. The molecule has 0 aromatic heterocycles. The first-order valence-electron chi connectivity index (χ1n) is 5.09. The topological polar surface area (TPSA) is 97.7 Å². The van der Waals surface area contributed by atoms with Crippen LogP contribution in [0, 0.1) is 0 Å². The molecule has 0 heterocycles. The van der Waals surface area contributed by atoms with E-state index in [1.54, 1.807) is 0 Å². The molecule has 0 aromatic rings. The fourth-order valence-corrected chi connectivity index (χ4v) is 1.90. The summed E-state index contributed by atoms with van der Waals surface area (Å²) in [6, 6.07) is 0. The number of esters is 1. The molecule has 6 nitrogen and oxygen atoms in total. The summed E-state index contributed by atoms with van der Waals surface area (Å²) in [6.07, 6.45) is -0.307. The van der Waals surface area contributed by atoms with E-state index in [0.29, 0.717) is 0 Å². The van der Waals surface area contributed by atoms with E-state index in [-0.39, 0.29) is 25.0 Å². The van der Waals surface area contributed by atoms with Crippen molar-refractivity contribution in [1.82, 2.24) is 0 Å². The molecule has 0 rings (SSSR count). The third kappa shape index (κ3) is 6.61. The molecule has 8 heteroatoms. The van der Waals surface area contributed by atoms with Crippen molar-refractivity contribution in [3.63, 3.8) is 0 Å². The van der Waals surface area contributed by atoms with E-state index in [2.05, 4.69) is 11.3 Å². The van der Waals surface area contributed by atoms with Crippen molar-refractivity contribution in [3.05, 3.63) is 12.2 Å². The Hall–Kier alpha value is -1.08. The smallest absolute Gasteiger partial charge is 0.331 e. The van der Waals surface area contributed by atoms with Crippen LogP contribution in [0.25, 0.3) is 0 Å². The Morgan fingerprint density at radius 1 is 1.39 bits per heavy atom. The number of hydrogen-bond donors (Lipinski definition) is 1. The van der Waals surface area contributed by atoms with E-state index < -0.39 is 32.2 Å². The number of rotatable bonds is 8. The number of hydrogen-bond acceptors (Lipinski definition) is 5. The molecule has 0 spiro atoms. The number of carboxylic acids is 1. The van der Waals surface area contributed by atoms with E-state index in [0.717, 1.165) is 0 Å². The van der Waals surface area contributed by atoms with Gasteiger partial charge in [0.2, 0.25) is 0 Å². The van der Waals surface area contributed by atoms with E-state index in [1.807, 2.05) is 0 Å². The molecule has 104 valence electrons. The van der Waals surface area contributed by atoms with Gasteiger partial charge in [-0.2, -0.15) is 0 Å². The molecule has 0 aromatic carbocycles. The molecule has 0 aliphatic heterocycles. The molecule has 0 bridgehead atoms. The normalized spacial score (nSPS) is 12.8. The van der Waals surface area contributed by atoms with Gasteiger partial charge in [0, 0.05) is 12.0 Å². The second kappa shape index (κ2) is 7.38. The summed E-state index contributed by atoms with van der Waals surface area (Å²) in [4.78, 5) is 21.5. The lowest BCUT2D eigenvalue weighted by atomic mass is 10.2. The van der Waals surface area contributed by atoms with Gasteiger partial charge in [0.25, 0.3) is 0 Å². The summed E-state index contributed by atoms with van der Waals surface area (Å²) in [5, 5.41) is 8.48. The Bertz CT molecular complexity index is 426. The maximum absolute atomic E-state index is 11.3. The van der Waals surface area contributed by atoms with Crippen molar-refractivity contribution < 1.29 is 27.9 Å². The van der Waals surface area contributed by atoms with Crippen LogP contribution in [0.3, 0.4) is 0 Å². The Kier molecular flexibility index (Phi) is 6.93. The maximum Gasteiger partial charge on any atom is 0.331 e. The quantitative estimate of drug-likeness (QED) is 0.407. The van der Waals surface area contributed by atoms with Crippen molar-refractivity contribution in [2.24, 2.45) is 0 Å². The number of halogens is 1. The molecule has 0 radical (unpaired) electrons. The predicted octanol–water partition coefficient (Wildman–Crippen LogP) is 0.950. The second-order valence-corrected chi connectivity index (χ2v) is 6.89. The van der Waals surface area contributed by atoms with Gasteiger partial charge in [0.1, 0.15) is 4.71 Å². The van der Waals surface area contributed by atoms with Crippen LogP contribution in [0.1, 0.15) is 19.8 Å². The van der Waals surface area contributed by atoms with Crippen LogP contribution < -0.4 is 0 Å². The second-order valence-electron chi connectivity index (χ2n) is 3.54. The SMILES string of the molecule is C=C(CCOC(=O)CCS(=O)(=O)C(C)Cl)C(=O)O. The number of ether oxygens (including phenoxy) is 1. The molecule has 1 N–H and O–H groups in total. The van der Waals surface area contributed by atoms with Crippen LogP contribution in [-0.4, -0.2) is 42.5 Å². The number of alkyl halides is 1. The Morgan fingerprint density at radius 3 is 2.39 bits per heavy atom. The van der Waals surface area contributed by atoms with E-state index in [9.17, 15) is 18.0 Å². The molecule has 0 saturated heterocycles. The average Bonchev–Trinajstić information content (AvgIpc) is 2.26. The van der Waals surface area contributed by atoms with Gasteiger partial charge in [-0.1, -0.05) is 6.58 Å². The number of carbonyl (C=O) groups excluding carboxylic acids is 1. The molecule has 18 heavy (non-hydrogen) atoms. The number of carboxylic acid groups (broad SMARTS) is 1. The first-order chi connectivity index (χ1) is 8.16. The summed E-state index contributed by atoms with van der Waals surface area (Å²) in [7, 11) is -3.50. The lowest BCUT2D eigenvalue weighted by Crippen LogP contribution is -2.19. The fourth-order valence-electron chi connectivity index (χ4n) is 0.855. The summed E-state index contributed by atoms with van der Waals surface area (Å²) in [5.41, 5.74) is -0.0789. The Morgan fingerprint density at radius 2 is 1.94 bits per heavy atom. The van der Waals surface area contributed by atoms with Gasteiger partial charge in [0.05, 0.1) is 18.8 Å². The molecule has 1 atom stereocenters. The molecule has 0 amide bonds. The Balaban J connectivity index is 3.94. The van der Waals surface area contributed by atoms with Crippen molar-refractivity contribution in [2.75, 3.05) is 12.4 Å². The van der Waals surface area contributed by atoms with Gasteiger partial charge in [0.15, 0.2) is 9.84 Å². The van der Waals surface area contributed by atoms with Crippen LogP contribution in [0.2, 0.25) is 0 Å². The molecule has 0 saturated carbocycles. The lowest BCUT2D eigenvalue weighted by molar-refractivity contribution is -0.143. The van der Waals surface area contributed by atoms with Gasteiger partial charge in [-0.3, -0.25) is 4.79 Å². The fraction of sp³-hybridized carbons (Fsp3) is 0.600. The molecule has 0 aliphatic rings. The molecular weight excluding hydrogens is 284 g/mol. The molecule has 1 unspecified atom stereocenters. The van der Waals surface area contributed by atoms with Gasteiger partial charge >= 0.3 is 11.9 Å². The van der Waals surface area contributed by atoms with Crippen LogP contribution in [-0.2, 0) is 24.2 Å². The zero-order valence-electron chi connectivity index (χ0n) is 9.89. The first-order valence-corrected chi connectivity index (χ1v) is 7.24. The number of sulfone groups is 1. The van der Waals surface area contributed by atoms with Crippen molar-refractivity contribution in [1.29, 1.82) is 0 Å². The third-order valence-corrected chi connectivity index (χ3v) is 4.63. The van der Waals surface area contributed by atoms with Crippen LogP contribution in [0.15, 0.2) is 12.2 Å². The molecular formula is C10H15ClO6S. The summed E-state index contributed by atoms with van der Waals surface area (Å²) < 4.78 is 26.2. The van der Waals surface area contributed by atoms with E-state index >= 15 is 0 Å². The number of carbonyl (C=O) groups is 2.